The standard InChI is InChI=1S/C22H19N3O2S/c1-28-19-12-5-4-11-18(19)23-20(26)13-14-21-24-22(25-27-21)17-10-6-8-15-7-2-3-9-16(15)17/h2-12H,13-14H2,1H3,(H,23,26). The van der Waals surface area contributed by atoms with Crippen molar-refractivity contribution in [3.8, 4) is 11.4 Å². The molecule has 5 nitrogen and oxygen atoms in total. The first-order valence-corrected chi connectivity index (χ1v) is 10.2. The van der Waals surface area contributed by atoms with Crippen LogP contribution in [-0.4, -0.2) is 22.3 Å². The molecule has 28 heavy (non-hydrogen) atoms. The van der Waals surface area contributed by atoms with Crippen LogP contribution in [0.3, 0.4) is 0 Å². The summed E-state index contributed by atoms with van der Waals surface area (Å²) < 4.78 is 5.37. The van der Waals surface area contributed by atoms with Gasteiger partial charge in [-0.15, -0.1) is 11.8 Å². The Balaban J connectivity index is 1.44. The molecule has 0 unspecified atom stereocenters. The second-order valence-electron chi connectivity index (χ2n) is 6.29. The monoisotopic (exact) mass is 389 g/mol. The van der Waals surface area contributed by atoms with Crippen molar-refractivity contribution in [2.24, 2.45) is 0 Å². The SMILES string of the molecule is CSc1ccccc1NC(=O)CCc1nc(-c2cccc3ccccc23)no1. The minimum absolute atomic E-state index is 0.0774. The number of amides is 1. The fraction of sp³-hybridized carbons (Fsp3) is 0.136. The van der Waals surface area contributed by atoms with E-state index < -0.39 is 0 Å². The van der Waals surface area contributed by atoms with E-state index >= 15 is 0 Å². The van der Waals surface area contributed by atoms with Crippen LogP contribution < -0.4 is 5.32 Å². The largest absolute Gasteiger partial charge is 0.339 e. The number of thioether (sulfide) groups is 1. The van der Waals surface area contributed by atoms with Gasteiger partial charge in [-0.25, -0.2) is 0 Å². The third kappa shape index (κ3) is 3.92. The van der Waals surface area contributed by atoms with Crippen molar-refractivity contribution >= 4 is 34.1 Å². The highest BCUT2D eigenvalue weighted by Gasteiger charge is 2.13. The summed E-state index contributed by atoms with van der Waals surface area (Å²) in [5.74, 6) is 0.919. The van der Waals surface area contributed by atoms with E-state index in [9.17, 15) is 4.79 Å². The van der Waals surface area contributed by atoms with Crippen LogP contribution >= 0.6 is 11.8 Å². The summed E-state index contributed by atoms with van der Waals surface area (Å²) >= 11 is 1.60. The predicted octanol–water partition coefficient (Wildman–Crippen LogP) is 5.18. The number of aromatic nitrogens is 2. The summed E-state index contributed by atoms with van der Waals surface area (Å²) in [5, 5.41) is 9.25. The molecular weight excluding hydrogens is 370 g/mol. The lowest BCUT2D eigenvalue weighted by atomic mass is 10.0. The van der Waals surface area contributed by atoms with Crippen LogP contribution in [0, 0.1) is 0 Å². The fourth-order valence-electron chi connectivity index (χ4n) is 3.07. The summed E-state index contributed by atoms with van der Waals surface area (Å²) in [4.78, 5) is 17.8. The maximum atomic E-state index is 12.3. The number of hydrogen-bond acceptors (Lipinski definition) is 5. The zero-order chi connectivity index (χ0) is 19.3. The van der Waals surface area contributed by atoms with Crippen molar-refractivity contribution in [2.75, 3.05) is 11.6 Å². The Bertz CT molecular complexity index is 1120. The molecule has 1 aromatic heterocycles. The molecule has 3 aromatic carbocycles. The lowest BCUT2D eigenvalue weighted by Crippen LogP contribution is -2.13. The molecule has 0 aliphatic heterocycles. The number of aryl methyl sites for hydroxylation is 1. The molecule has 0 radical (unpaired) electrons. The maximum absolute atomic E-state index is 12.3. The van der Waals surface area contributed by atoms with Gasteiger partial charge >= 0.3 is 0 Å². The van der Waals surface area contributed by atoms with Crippen LogP contribution in [0.5, 0.6) is 0 Å². The zero-order valence-electron chi connectivity index (χ0n) is 15.4. The Morgan fingerprint density at radius 3 is 2.71 bits per heavy atom. The van der Waals surface area contributed by atoms with Gasteiger partial charge < -0.3 is 9.84 Å². The number of para-hydroxylation sites is 1. The quantitative estimate of drug-likeness (QED) is 0.460. The van der Waals surface area contributed by atoms with Crippen LogP contribution in [0.4, 0.5) is 5.69 Å². The molecule has 1 amide bonds. The number of anilines is 1. The number of hydrogen-bond donors (Lipinski definition) is 1. The Labute approximate surface area is 167 Å². The highest BCUT2D eigenvalue weighted by atomic mass is 32.2. The van der Waals surface area contributed by atoms with E-state index in [1.54, 1.807) is 11.8 Å². The molecule has 6 heteroatoms. The average Bonchev–Trinajstić information content (AvgIpc) is 3.21. The van der Waals surface area contributed by atoms with E-state index in [1.807, 2.05) is 60.9 Å². The highest BCUT2D eigenvalue weighted by molar-refractivity contribution is 7.98. The second-order valence-corrected chi connectivity index (χ2v) is 7.13. The average molecular weight is 389 g/mol. The zero-order valence-corrected chi connectivity index (χ0v) is 16.2. The number of fused-ring (bicyclic) bond motifs is 1. The summed E-state index contributed by atoms with van der Waals surface area (Å²) in [6, 6.07) is 21.8. The summed E-state index contributed by atoms with van der Waals surface area (Å²) in [6.07, 6.45) is 2.66. The van der Waals surface area contributed by atoms with Gasteiger partial charge in [0.05, 0.1) is 5.69 Å². The topological polar surface area (TPSA) is 68.0 Å². The number of nitrogens with one attached hydrogen (secondary N) is 1. The van der Waals surface area contributed by atoms with Gasteiger partial charge in [0.25, 0.3) is 0 Å². The minimum Gasteiger partial charge on any atom is -0.339 e. The second kappa shape index (κ2) is 8.27. The number of benzene rings is 3. The van der Waals surface area contributed by atoms with Crippen LogP contribution in [0.15, 0.2) is 76.1 Å². The normalized spacial score (nSPS) is 10.9. The van der Waals surface area contributed by atoms with Gasteiger partial charge in [0.2, 0.25) is 17.6 Å². The summed E-state index contributed by atoms with van der Waals surface area (Å²) in [6.45, 7) is 0. The van der Waals surface area contributed by atoms with Gasteiger partial charge in [0.15, 0.2) is 0 Å². The van der Waals surface area contributed by atoms with E-state index in [0.29, 0.717) is 18.1 Å². The van der Waals surface area contributed by atoms with Gasteiger partial charge in [-0.05, 0) is 29.2 Å². The first-order chi connectivity index (χ1) is 13.7. The van der Waals surface area contributed by atoms with Crippen LogP contribution in [0.2, 0.25) is 0 Å². The molecule has 0 saturated heterocycles. The van der Waals surface area contributed by atoms with E-state index in [1.165, 1.54) is 0 Å². The van der Waals surface area contributed by atoms with E-state index in [-0.39, 0.29) is 12.3 Å². The molecule has 1 N–H and O–H groups in total. The van der Waals surface area contributed by atoms with Crippen LogP contribution in [0.1, 0.15) is 12.3 Å². The van der Waals surface area contributed by atoms with Crippen molar-refractivity contribution in [3.05, 3.63) is 72.6 Å². The number of rotatable bonds is 6. The van der Waals surface area contributed by atoms with Gasteiger partial charge in [-0.3, -0.25) is 4.79 Å². The number of carbonyl (C=O) groups excluding carboxylic acids is 1. The Morgan fingerprint density at radius 1 is 1.04 bits per heavy atom. The Kier molecular flexibility index (Phi) is 5.39. The molecule has 0 atom stereocenters. The van der Waals surface area contributed by atoms with Crippen molar-refractivity contribution in [3.63, 3.8) is 0 Å². The molecule has 0 aliphatic carbocycles. The van der Waals surface area contributed by atoms with Gasteiger partial charge in [0.1, 0.15) is 0 Å². The predicted molar refractivity (Wildman–Crippen MR) is 112 cm³/mol. The van der Waals surface area contributed by atoms with Gasteiger partial charge in [-0.1, -0.05) is 59.8 Å². The fourth-order valence-corrected chi connectivity index (χ4v) is 3.62. The third-order valence-electron chi connectivity index (χ3n) is 4.45. The Hall–Kier alpha value is -3.12. The van der Waals surface area contributed by atoms with Crippen LogP contribution in [0.25, 0.3) is 22.2 Å². The van der Waals surface area contributed by atoms with Crippen LogP contribution in [-0.2, 0) is 11.2 Å². The van der Waals surface area contributed by atoms with E-state index in [4.69, 9.17) is 4.52 Å². The third-order valence-corrected chi connectivity index (χ3v) is 5.24. The van der Waals surface area contributed by atoms with Gasteiger partial charge in [0, 0.05) is 23.3 Å². The maximum Gasteiger partial charge on any atom is 0.227 e. The molecule has 4 rings (SSSR count). The van der Waals surface area contributed by atoms with Crippen molar-refractivity contribution in [1.29, 1.82) is 0 Å². The lowest BCUT2D eigenvalue weighted by molar-refractivity contribution is -0.116. The minimum atomic E-state index is -0.0774. The molecule has 0 bridgehead atoms. The highest BCUT2D eigenvalue weighted by Crippen LogP contribution is 2.27. The van der Waals surface area contributed by atoms with E-state index in [2.05, 4.69) is 27.6 Å². The molecule has 140 valence electrons. The molecule has 0 spiro atoms. The molecular formula is C22H19N3O2S. The molecule has 0 aliphatic rings. The first-order valence-electron chi connectivity index (χ1n) is 8.98. The summed E-state index contributed by atoms with van der Waals surface area (Å²) in [7, 11) is 0. The lowest BCUT2D eigenvalue weighted by Gasteiger charge is -2.08. The van der Waals surface area contributed by atoms with Gasteiger partial charge in [-0.2, -0.15) is 4.98 Å². The number of carbonyl (C=O) groups is 1. The molecule has 1 heterocycles. The molecule has 0 fully saturated rings. The molecule has 4 aromatic rings. The smallest absolute Gasteiger partial charge is 0.227 e. The van der Waals surface area contributed by atoms with Crippen molar-refractivity contribution < 1.29 is 9.32 Å². The summed E-state index contributed by atoms with van der Waals surface area (Å²) in [5.41, 5.74) is 1.74. The van der Waals surface area contributed by atoms with Crippen molar-refractivity contribution in [2.45, 2.75) is 17.7 Å². The first kappa shape index (κ1) is 18.3. The van der Waals surface area contributed by atoms with E-state index in [0.717, 1.165) is 26.9 Å². The van der Waals surface area contributed by atoms with Crippen molar-refractivity contribution in [1.82, 2.24) is 10.1 Å². The Morgan fingerprint density at radius 2 is 1.82 bits per heavy atom. The molecule has 0 saturated carbocycles. The number of nitrogens with zero attached hydrogens (tertiary/aromatic N) is 2.